The first-order valence-electron chi connectivity index (χ1n) is 7.31. The zero-order valence-corrected chi connectivity index (χ0v) is 12.6. The van der Waals surface area contributed by atoms with Crippen LogP contribution in [0.5, 0.6) is 0 Å². The molecule has 0 aliphatic carbocycles. The third kappa shape index (κ3) is 3.01. The number of amides is 2. The molecule has 0 spiro atoms. The van der Waals surface area contributed by atoms with Crippen LogP contribution in [0.3, 0.4) is 0 Å². The van der Waals surface area contributed by atoms with E-state index < -0.39 is 11.4 Å². The Kier molecular flexibility index (Phi) is 4.50. The number of likely N-dealkylation sites (tertiary alicyclic amines) is 1. The van der Waals surface area contributed by atoms with Crippen molar-refractivity contribution in [1.82, 2.24) is 4.90 Å². The van der Waals surface area contributed by atoms with Gasteiger partial charge in [-0.1, -0.05) is 31.5 Å². The zero-order chi connectivity index (χ0) is 15.5. The van der Waals surface area contributed by atoms with Crippen molar-refractivity contribution in [3.63, 3.8) is 0 Å². The molecule has 1 heterocycles. The Balaban J connectivity index is 2.10. The standard InChI is InChI=1S/C16H22N2O3/c1-3-9-16(14(19)20)10-11-18(12-16)15(21)17(2)13-7-5-4-6-8-13/h4-8H,3,9-12H2,1-2H3,(H,19,20). The molecule has 21 heavy (non-hydrogen) atoms. The van der Waals surface area contributed by atoms with E-state index in [4.69, 9.17) is 0 Å². The van der Waals surface area contributed by atoms with Crippen LogP contribution in [0.1, 0.15) is 26.2 Å². The SMILES string of the molecule is CCCC1(C(=O)O)CCN(C(=O)N(C)c2ccccc2)C1. The lowest BCUT2D eigenvalue weighted by molar-refractivity contribution is -0.148. The maximum atomic E-state index is 12.5. The summed E-state index contributed by atoms with van der Waals surface area (Å²) in [5.41, 5.74) is 0.0351. The van der Waals surface area contributed by atoms with Gasteiger partial charge in [-0.25, -0.2) is 4.79 Å². The summed E-state index contributed by atoms with van der Waals surface area (Å²) in [7, 11) is 1.72. The summed E-state index contributed by atoms with van der Waals surface area (Å²) < 4.78 is 0. The molecule has 0 bridgehead atoms. The van der Waals surface area contributed by atoms with Gasteiger partial charge < -0.3 is 10.0 Å². The average molecular weight is 290 g/mol. The highest BCUT2D eigenvalue weighted by Crippen LogP contribution is 2.36. The molecule has 114 valence electrons. The molecule has 0 saturated carbocycles. The van der Waals surface area contributed by atoms with E-state index >= 15 is 0 Å². The Morgan fingerprint density at radius 3 is 2.57 bits per heavy atom. The molecule has 1 aromatic rings. The fraction of sp³-hybridized carbons (Fsp3) is 0.500. The molecule has 1 atom stereocenters. The monoisotopic (exact) mass is 290 g/mol. The molecule has 2 rings (SSSR count). The number of hydrogen-bond donors (Lipinski definition) is 1. The Morgan fingerprint density at radius 1 is 1.33 bits per heavy atom. The van der Waals surface area contributed by atoms with Gasteiger partial charge in [-0.05, 0) is 25.0 Å². The third-order valence-electron chi connectivity index (χ3n) is 4.24. The van der Waals surface area contributed by atoms with Crippen molar-refractivity contribution in [2.45, 2.75) is 26.2 Å². The summed E-state index contributed by atoms with van der Waals surface area (Å²) in [5.74, 6) is -0.790. The number of para-hydroxylation sites is 1. The summed E-state index contributed by atoms with van der Waals surface area (Å²) in [6, 6.07) is 9.24. The normalized spacial score (nSPS) is 21.3. The van der Waals surface area contributed by atoms with E-state index in [0.29, 0.717) is 25.9 Å². The van der Waals surface area contributed by atoms with E-state index in [1.54, 1.807) is 16.8 Å². The molecule has 1 aliphatic rings. The summed E-state index contributed by atoms with van der Waals surface area (Å²) in [6.45, 7) is 2.78. The van der Waals surface area contributed by atoms with Crippen molar-refractivity contribution in [3.8, 4) is 0 Å². The molecule has 0 radical (unpaired) electrons. The zero-order valence-electron chi connectivity index (χ0n) is 12.6. The fourth-order valence-corrected chi connectivity index (χ4v) is 2.97. The molecule has 1 aromatic carbocycles. The number of benzene rings is 1. The molecule has 1 saturated heterocycles. The fourth-order valence-electron chi connectivity index (χ4n) is 2.97. The van der Waals surface area contributed by atoms with Crippen molar-refractivity contribution in [1.29, 1.82) is 0 Å². The number of carbonyl (C=O) groups excluding carboxylic acids is 1. The van der Waals surface area contributed by atoms with Crippen LogP contribution in [0, 0.1) is 5.41 Å². The number of carboxylic acid groups (broad SMARTS) is 1. The quantitative estimate of drug-likeness (QED) is 0.927. The number of aliphatic carboxylic acids is 1. The maximum Gasteiger partial charge on any atom is 0.324 e. The molecular weight excluding hydrogens is 268 g/mol. The lowest BCUT2D eigenvalue weighted by atomic mass is 9.83. The smallest absolute Gasteiger partial charge is 0.324 e. The molecular formula is C16H22N2O3. The molecule has 1 fully saturated rings. The second kappa shape index (κ2) is 6.16. The first-order valence-corrected chi connectivity index (χ1v) is 7.31. The van der Waals surface area contributed by atoms with Crippen LogP contribution in [0.4, 0.5) is 10.5 Å². The van der Waals surface area contributed by atoms with Crippen molar-refractivity contribution < 1.29 is 14.7 Å². The minimum Gasteiger partial charge on any atom is -0.481 e. The Labute approximate surface area is 125 Å². The van der Waals surface area contributed by atoms with Crippen LogP contribution in [0.25, 0.3) is 0 Å². The van der Waals surface area contributed by atoms with Crippen LogP contribution >= 0.6 is 0 Å². The second-order valence-electron chi connectivity index (χ2n) is 5.68. The van der Waals surface area contributed by atoms with E-state index in [2.05, 4.69) is 0 Å². The van der Waals surface area contributed by atoms with Gasteiger partial charge in [0.25, 0.3) is 0 Å². The minimum atomic E-state index is -0.790. The lowest BCUT2D eigenvalue weighted by Gasteiger charge is -2.27. The Bertz CT molecular complexity index is 518. The summed E-state index contributed by atoms with van der Waals surface area (Å²) in [4.78, 5) is 27.3. The van der Waals surface area contributed by atoms with Gasteiger partial charge in [-0.3, -0.25) is 9.69 Å². The topological polar surface area (TPSA) is 60.9 Å². The van der Waals surface area contributed by atoms with Gasteiger partial charge in [0.15, 0.2) is 0 Å². The van der Waals surface area contributed by atoms with Gasteiger partial charge >= 0.3 is 12.0 Å². The molecule has 0 aromatic heterocycles. The van der Waals surface area contributed by atoms with Gasteiger partial charge in [0.2, 0.25) is 0 Å². The molecule has 5 nitrogen and oxygen atoms in total. The number of rotatable bonds is 4. The second-order valence-corrected chi connectivity index (χ2v) is 5.68. The number of nitrogens with zero attached hydrogens (tertiary/aromatic N) is 2. The van der Waals surface area contributed by atoms with Crippen molar-refractivity contribution in [2.24, 2.45) is 5.41 Å². The van der Waals surface area contributed by atoms with Crippen molar-refractivity contribution in [2.75, 3.05) is 25.0 Å². The number of anilines is 1. The van der Waals surface area contributed by atoms with Gasteiger partial charge in [-0.2, -0.15) is 0 Å². The molecule has 5 heteroatoms. The van der Waals surface area contributed by atoms with Crippen LogP contribution in [-0.2, 0) is 4.79 Å². The minimum absolute atomic E-state index is 0.138. The molecule has 1 unspecified atom stereocenters. The average Bonchev–Trinajstić information content (AvgIpc) is 2.93. The van der Waals surface area contributed by atoms with E-state index in [1.807, 2.05) is 37.3 Å². The van der Waals surface area contributed by atoms with Crippen molar-refractivity contribution in [3.05, 3.63) is 30.3 Å². The van der Waals surface area contributed by atoms with Crippen LogP contribution in [-0.4, -0.2) is 42.1 Å². The molecule has 1 aliphatic heterocycles. The van der Waals surface area contributed by atoms with E-state index in [9.17, 15) is 14.7 Å². The predicted octanol–water partition coefficient (Wildman–Crippen LogP) is 2.82. The van der Waals surface area contributed by atoms with Crippen LogP contribution in [0.15, 0.2) is 30.3 Å². The van der Waals surface area contributed by atoms with E-state index in [-0.39, 0.29) is 6.03 Å². The highest BCUT2D eigenvalue weighted by atomic mass is 16.4. The Morgan fingerprint density at radius 2 is 2.00 bits per heavy atom. The third-order valence-corrected chi connectivity index (χ3v) is 4.24. The van der Waals surface area contributed by atoms with Gasteiger partial charge in [0.1, 0.15) is 0 Å². The van der Waals surface area contributed by atoms with E-state index in [0.717, 1.165) is 12.1 Å². The predicted molar refractivity (Wildman–Crippen MR) is 81.4 cm³/mol. The summed E-state index contributed by atoms with van der Waals surface area (Å²) in [5, 5.41) is 9.50. The van der Waals surface area contributed by atoms with Crippen LogP contribution in [0.2, 0.25) is 0 Å². The largest absolute Gasteiger partial charge is 0.481 e. The van der Waals surface area contributed by atoms with Crippen LogP contribution < -0.4 is 4.90 Å². The van der Waals surface area contributed by atoms with E-state index in [1.165, 1.54) is 0 Å². The van der Waals surface area contributed by atoms with Gasteiger partial charge in [0, 0.05) is 25.8 Å². The first-order chi connectivity index (χ1) is 10.00. The molecule has 2 amide bonds. The van der Waals surface area contributed by atoms with Crippen molar-refractivity contribution >= 4 is 17.7 Å². The number of hydrogen-bond acceptors (Lipinski definition) is 2. The number of carboxylic acids is 1. The summed E-state index contributed by atoms with van der Waals surface area (Å²) in [6.07, 6.45) is 1.95. The van der Waals surface area contributed by atoms with Gasteiger partial charge in [0.05, 0.1) is 5.41 Å². The highest BCUT2D eigenvalue weighted by Gasteiger charge is 2.45. The number of urea groups is 1. The highest BCUT2D eigenvalue weighted by molar-refractivity contribution is 5.92. The lowest BCUT2D eigenvalue weighted by Crippen LogP contribution is -2.42. The number of carbonyl (C=O) groups is 2. The first kappa shape index (κ1) is 15.4. The summed E-state index contributed by atoms with van der Waals surface area (Å²) >= 11 is 0. The molecule has 1 N–H and O–H groups in total. The van der Waals surface area contributed by atoms with Gasteiger partial charge in [-0.15, -0.1) is 0 Å². The maximum absolute atomic E-state index is 12.5. The Hall–Kier alpha value is -2.04.